The number of anilines is 1. The van der Waals surface area contributed by atoms with E-state index in [0.717, 1.165) is 51.1 Å². The van der Waals surface area contributed by atoms with Crippen molar-refractivity contribution in [2.75, 3.05) is 5.73 Å². The maximum Gasteiger partial charge on any atom is 0.229 e. The van der Waals surface area contributed by atoms with Crippen molar-refractivity contribution < 1.29 is 9.21 Å². The number of aliphatic imine (C=N–C) groups is 1. The lowest BCUT2D eigenvalue weighted by atomic mass is 9.99. The van der Waals surface area contributed by atoms with E-state index in [1.165, 1.54) is 0 Å². The van der Waals surface area contributed by atoms with Crippen molar-refractivity contribution in [1.29, 1.82) is 0 Å². The van der Waals surface area contributed by atoms with Crippen LogP contribution in [0, 0.1) is 19.8 Å². The van der Waals surface area contributed by atoms with Gasteiger partial charge < -0.3 is 15.5 Å². The Morgan fingerprint density at radius 1 is 1.12 bits per heavy atom. The molecule has 1 aliphatic rings. The zero-order valence-electron chi connectivity index (χ0n) is 23.7. The molecule has 1 amide bonds. The van der Waals surface area contributed by atoms with E-state index in [2.05, 4.69) is 32.1 Å². The van der Waals surface area contributed by atoms with Crippen LogP contribution in [-0.4, -0.2) is 32.4 Å². The first-order valence-electron chi connectivity index (χ1n) is 13.7. The van der Waals surface area contributed by atoms with Crippen LogP contribution in [0.1, 0.15) is 34.6 Å². The summed E-state index contributed by atoms with van der Waals surface area (Å²) >= 11 is 0. The molecule has 5 aromatic rings. The number of aryl methyl sites for hydroxylation is 2. The smallest absolute Gasteiger partial charge is 0.229 e. The molecule has 3 N–H and O–H groups in total. The maximum atomic E-state index is 13.0. The lowest BCUT2D eigenvalue weighted by Gasteiger charge is -2.12. The molecule has 9 heteroatoms. The standard InChI is InChI=1S/C33H31N7O2/c1-19-12-22(33-38-29(18-42-33)21-8-6-5-7-9-21)10-11-25(19)28-13-23(20(2)31(34)37-28)14-30(35-3)39-32(41)27-15-26(27)24-16-36-40(4)17-24/h5-14,16-18,26-27H,3,15H2,1-2,4H3,(H2,34,37)(H,39,41)/b30-14+/t26-,27+/m0/s1. The third-order valence-electron chi connectivity index (χ3n) is 7.67. The van der Waals surface area contributed by atoms with Crippen molar-refractivity contribution in [3.63, 3.8) is 0 Å². The molecule has 6 rings (SSSR count). The second-order valence-corrected chi connectivity index (χ2v) is 10.6. The average Bonchev–Trinajstić information content (AvgIpc) is 3.42. The second-order valence-electron chi connectivity index (χ2n) is 10.6. The SMILES string of the molecule is C=N/C(=C\c1cc(-c2ccc(-c3nc(-c4ccccc4)co3)cc2C)nc(N)c1C)NC(=O)[C@@H]1C[C@H]1c1cnn(C)c1. The summed E-state index contributed by atoms with van der Waals surface area (Å²) in [4.78, 5) is 26.4. The van der Waals surface area contributed by atoms with Crippen molar-refractivity contribution in [1.82, 2.24) is 25.1 Å². The Bertz CT molecular complexity index is 1830. The molecule has 1 saturated carbocycles. The van der Waals surface area contributed by atoms with E-state index in [1.54, 1.807) is 17.0 Å². The van der Waals surface area contributed by atoms with E-state index < -0.39 is 0 Å². The van der Waals surface area contributed by atoms with E-state index in [9.17, 15) is 4.79 Å². The Hall–Kier alpha value is -5.31. The highest BCUT2D eigenvalue weighted by atomic mass is 16.3. The van der Waals surface area contributed by atoms with Gasteiger partial charge in [0.1, 0.15) is 23.6 Å². The Morgan fingerprint density at radius 3 is 2.64 bits per heavy atom. The minimum absolute atomic E-state index is 0.0872. The van der Waals surface area contributed by atoms with Crippen molar-refractivity contribution in [3.05, 3.63) is 101 Å². The van der Waals surface area contributed by atoms with Crippen LogP contribution in [0.3, 0.4) is 0 Å². The first kappa shape index (κ1) is 26.9. The number of nitrogen functional groups attached to an aromatic ring is 1. The predicted octanol–water partition coefficient (Wildman–Crippen LogP) is 5.92. The van der Waals surface area contributed by atoms with Gasteiger partial charge in [-0.15, -0.1) is 0 Å². The Kier molecular flexibility index (Phi) is 7.00. The largest absolute Gasteiger partial charge is 0.444 e. The number of nitrogens with zero attached hydrogens (tertiary/aromatic N) is 5. The molecule has 2 aromatic carbocycles. The summed E-state index contributed by atoms with van der Waals surface area (Å²) in [6.07, 6.45) is 7.99. The van der Waals surface area contributed by atoms with E-state index in [-0.39, 0.29) is 17.7 Å². The Morgan fingerprint density at radius 2 is 1.93 bits per heavy atom. The number of hydrogen-bond donors (Lipinski definition) is 2. The molecule has 0 saturated heterocycles. The summed E-state index contributed by atoms with van der Waals surface area (Å²) < 4.78 is 7.54. The van der Waals surface area contributed by atoms with Gasteiger partial charge in [-0.1, -0.05) is 36.4 Å². The molecule has 3 heterocycles. The van der Waals surface area contributed by atoms with Gasteiger partial charge in [0.25, 0.3) is 0 Å². The Labute approximate surface area is 243 Å². The molecular formula is C33H31N7O2. The molecule has 0 spiro atoms. The van der Waals surface area contributed by atoms with Crippen LogP contribution in [0.25, 0.3) is 40.0 Å². The first-order valence-corrected chi connectivity index (χ1v) is 13.7. The molecule has 42 heavy (non-hydrogen) atoms. The zero-order valence-corrected chi connectivity index (χ0v) is 23.7. The average molecular weight is 558 g/mol. The van der Waals surface area contributed by atoms with Gasteiger partial charge in [-0.25, -0.2) is 15.0 Å². The molecule has 0 radical (unpaired) electrons. The van der Waals surface area contributed by atoms with Crippen LogP contribution < -0.4 is 11.1 Å². The highest BCUT2D eigenvalue weighted by molar-refractivity contribution is 5.85. The van der Waals surface area contributed by atoms with E-state index >= 15 is 0 Å². The number of nitrogens with two attached hydrogens (primary N) is 1. The van der Waals surface area contributed by atoms with Crippen LogP contribution in [0.5, 0.6) is 0 Å². The van der Waals surface area contributed by atoms with Crippen molar-refractivity contribution in [3.8, 4) is 34.0 Å². The van der Waals surface area contributed by atoms with Gasteiger partial charge in [-0.05, 0) is 79.4 Å². The van der Waals surface area contributed by atoms with Crippen molar-refractivity contribution in [2.45, 2.75) is 26.2 Å². The van der Waals surface area contributed by atoms with E-state index in [1.807, 2.05) is 87.9 Å². The normalized spacial score (nSPS) is 16.3. The van der Waals surface area contributed by atoms with Gasteiger partial charge in [0.05, 0.1) is 11.9 Å². The number of carbonyl (C=O) groups is 1. The molecule has 1 fully saturated rings. The molecule has 210 valence electrons. The molecule has 1 aliphatic carbocycles. The summed E-state index contributed by atoms with van der Waals surface area (Å²) in [6, 6.07) is 17.8. The number of carbonyl (C=O) groups excluding carboxylic acids is 1. The van der Waals surface area contributed by atoms with Gasteiger partial charge in [-0.2, -0.15) is 5.10 Å². The number of oxazole rings is 1. The van der Waals surface area contributed by atoms with E-state index in [4.69, 9.17) is 10.2 Å². The minimum atomic E-state index is -0.118. The molecule has 0 bridgehead atoms. The number of rotatable bonds is 8. The molecule has 2 atom stereocenters. The van der Waals surface area contributed by atoms with E-state index in [0.29, 0.717) is 23.2 Å². The summed E-state index contributed by atoms with van der Waals surface area (Å²) in [5, 5.41) is 7.14. The van der Waals surface area contributed by atoms with Gasteiger partial charge in [0, 0.05) is 35.9 Å². The van der Waals surface area contributed by atoms with Gasteiger partial charge in [-0.3, -0.25) is 9.48 Å². The molecular weight excluding hydrogens is 526 g/mol. The van der Waals surface area contributed by atoms with Crippen LogP contribution >= 0.6 is 0 Å². The number of hydrogen-bond acceptors (Lipinski definition) is 7. The summed E-state index contributed by atoms with van der Waals surface area (Å²) in [7, 11) is 1.87. The monoisotopic (exact) mass is 557 g/mol. The fraction of sp³-hybridized carbons (Fsp3) is 0.182. The Balaban J connectivity index is 1.23. The number of benzene rings is 2. The quantitative estimate of drug-likeness (QED) is 0.228. The molecule has 0 unspecified atom stereocenters. The van der Waals surface area contributed by atoms with Crippen LogP contribution in [-0.2, 0) is 11.8 Å². The van der Waals surface area contributed by atoms with Crippen molar-refractivity contribution in [2.24, 2.45) is 18.0 Å². The zero-order chi connectivity index (χ0) is 29.4. The molecule has 0 aliphatic heterocycles. The number of amides is 1. The highest BCUT2D eigenvalue weighted by Gasteiger charge is 2.44. The predicted molar refractivity (Wildman–Crippen MR) is 164 cm³/mol. The van der Waals surface area contributed by atoms with Crippen LogP contribution in [0.2, 0.25) is 0 Å². The second kappa shape index (κ2) is 10.9. The van der Waals surface area contributed by atoms with Gasteiger partial charge in [0.15, 0.2) is 0 Å². The third-order valence-corrected chi connectivity index (χ3v) is 7.67. The number of aromatic nitrogens is 4. The van der Waals surface area contributed by atoms with Crippen LogP contribution in [0.4, 0.5) is 5.82 Å². The number of pyridine rings is 1. The molecule has 3 aromatic heterocycles. The fourth-order valence-corrected chi connectivity index (χ4v) is 5.14. The highest BCUT2D eigenvalue weighted by Crippen LogP contribution is 2.47. The summed E-state index contributed by atoms with van der Waals surface area (Å²) in [6.45, 7) is 7.57. The topological polar surface area (TPSA) is 124 Å². The third kappa shape index (κ3) is 5.36. The summed E-state index contributed by atoms with van der Waals surface area (Å²) in [5.74, 6) is 1.27. The summed E-state index contributed by atoms with van der Waals surface area (Å²) in [5.41, 5.74) is 14.3. The molecule has 9 nitrogen and oxygen atoms in total. The minimum Gasteiger partial charge on any atom is -0.444 e. The first-order chi connectivity index (χ1) is 20.3. The van der Waals surface area contributed by atoms with Crippen molar-refractivity contribution >= 4 is 24.5 Å². The van der Waals surface area contributed by atoms with Gasteiger partial charge in [0.2, 0.25) is 11.8 Å². The fourth-order valence-electron chi connectivity index (χ4n) is 5.14. The lowest BCUT2D eigenvalue weighted by Crippen LogP contribution is -2.24. The van der Waals surface area contributed by atoms with Gasteiger partial charge >= 0.3 is 0 Å². The number of nitrogens with one attached hydrogen (secondary N) is 1. The van der Waals surface area contributed by atoms with Crippen LogP contribution in [0.15, 0.2) is 88.5 Å². The lowest BCUT2D eigenvalue weighted by molar-refractivity contribution is -0.121. The maximum absolute atomic E-state index is 13.0.